The molecule has 0 aliphatic heterocycles. The normalized spacial score (nSPS) is 10.9. The third kappa shape index (κ3) is 5.51. The van der Waals surface area contributed by atoms with E-state index in [0.29, 0.717) is 19.8 Å². The summed E-state index contributed by atoms with van der Waals surface area (Å²) in [5.41, 5.74) is 1.26. The Morgan fingerprint density at radius 2 is 1.56 bits per heavy atom. The minimum absolute atomic E-state index is 0.606. The molecule has 16 heavy (non-hydrogen) atoms. The lowest BCUT2D eigenvalue weighted by Gasteiger charge is -2.01. The van der Waals surface area contributed by atoms with Gasteiger partial charge in [0.25, 0.3) is 0 Å². The highest BCUT2D eigenvalue weighted by Gasteiger charge is 2.25. The summed E-state index contributed by atoms with van der Waals surface area (Å²) < 4.78 is 16.1. The first-order chi connectivity index (χ1) is 7.86. The van der Waals surface area contributed by atoms with Gasteiger partial charge in [-0.2, -0.15) is 0 Å². The largest absolute Gasteiger partial charge is 0.507 e. The second-order valence-corrected chi connectivity index (χ2v) is 4.19. The van der Waals surface area contributed by atoms with Crippen LogP contribution in [0.25, 0.3) is 0 Å². The molecule has 0 N–H and O–H groups in total. The maximum atomic E-state index is 5.51. The van der Waals surface area contributed by atoms with Gasteiger partial charge in [0.2, 0.25) is 0 Å². The monoisotopic (exact) mass is 243 g/mol. The van der Waals surface area contributed by atoms with Crippen molar-refractivity contribution < 1.29 is 12.5 Å². The first kappa shape index (κ1) is 13.5. The van der Waals surface area contributed by atoms with Crippen molar-refractivity contribution in [1.29, 1.82) is 0 Å². The average molecular weight is 243 g/mol. The number of hydrogen-bond acceptors (Lipinski definition) is 3. The standard InChI is InChI=1S/C12H19O3S/c1-3-13-16(14-4-2)15-11-10-12-8-6-5-7-9-12/h5-9H,3-4,10-11H2,1-2H3/q+1. The maximum absolute atomic E-state index is 5.51. The van der Waals surface area contributed by atoms with Crippen LogP contribution in [0.3, 0.4) is 0 Å². The zero-order valence-electron chi connectivity index (χ0n) is 9.85. The Kier molecular flexibility index (Phi) is 7.25. The summed E-state index contributed by atoms with van der Waals surface area (Å²) in [7, 11) is 0. The van der Waals surface area contributed by atoms with Crippen LogP contribution in [-0.4, -0.2) is 19.8 Å². The molecule has 0 spiro atoms. The molecule has 1 aromatic rings. The van der Waals surface area contributed by atoms with Gasteiger partial charge in [-0.1, -0.05) is 30.3 Å². The van der Waals surface area contributed by atoms with Crippen LogP contribution in [0, 0.1) is 0 Å². The quantitative estimate of drug-likeness (QED) is 0.657. The predicted molar refractivity (Wildman–Crippen MR) is 66.7 cm³/mol. The van der Waals surface area contributed by atoms with E-state index in [0.717, 1.165) is 6.42 Å². The molecule has 1 rings (SSSR count). The second-order valence-electron chi connectivity index (χ2n) is 3.07. The van der Waals surface area contributed by atoms with Crippen molar-refractivity contribution >= 4 is 11.7 Å². The second kappa shape index (κ2) is 8.58. The van der Waals surface area contributed by atoms with E-state index in [-0.39, 0.29) is 0 Å². The third-order valence-electron chi connectivity index (χ3n) is 1.84. The van der Waals surface area contributed by atoms with Crippen molar-refractivity contribution in [2.24, 2.45) is 0 Å². The smallest absolute Gasteiger partial charge is 0.109 e. The van der Waals surface area contributed by atoms with E-state index in [1.54, 1.807) is 0 Å². The van der Waals surface area contributed by atoms with Gasteiger partial charge < -0.3 is 0 Å². The number of hydrogen-bond donors (Lipinski definition) is 0. The lowest BCUT2D eigenvalue weighted by molar-refractivity contribution is 0.192. The van der Waals surface area contributed by atoms with Crippen LogP contribution >= 0.6 is 0 Å². The number of benzene rings is 1. The molecule has 0 aliphatic rings. The van der Waals surface area contributed by atoms with Crippen LogP contribution < -0.4 is 0 Å². The highest BCUT2D eigenvalue weighted by atomic mass is 32.3. The molecule has 0 saturated carbocycles. The molecule has 0 radical (unpaired) electrons. The minimum atomic E-state index is -0.798. The maximum Gasteiger partial charge on any atom is 0.507 e. The van der Waals surface area contributed by atoms with Gasteiger partial charge in [-0.15, -0.1) is 12.5 Å². The minimum Gasteiger partial charge on any atom is -0.109 e. The van der Waals surface area contributed by atoms with E-state index >= 15 is 0 Å². The molecule has 90 valence electrons. The summed E-state index contributed by atoms with van der Waals surface area (Å²) in [5, 5.41) is 0. The summed E-state index contributed by atoms with van der Waals surface area (Å²) >= 11 is -0.798. The fourth-order valence-corrected chi connectivity index (χ4v) is 1.98. The molecule has 0 aliphatic carbocycles. The van der Waals surface area contributed by atoms with Crippen molar-refractivity contribution in [2.75, 3.05) is 19.8 Å². The van der Waals surface area contributed by atoms with E-state index in [2.05, 4.69) is 12.1 Å². The third-order valence-corrected chi connectivity index (χ3v) is 3.06. The van der Waals surface area contributed by atoms with Crippen LogP contribution in [0.1, 0.15) is 19.4 Å². The molecule has 4 heteroatoms. The highest BCUT2D eigenvalue weighted by Crippen LogP contribution is 2.06. The molecule has 0 heterocycles. The molecule has 1 aromatic carbocycles. The van der Waals surface area contributed by atoms with Crippen molar-refractivity contribution in [3.63, 3.8) is 0 Å². The van der Waals surface area contributed by atoms with Gasteiger partial charge in [0.1, 0.15) is 19.8 Å². The van der Waals surface area contributed by atoms with Gasteiger partial charge in [0.15, 0.2) is 0 Å². The van der Waals surface area contributed by atoms with Gasteiger partial charge in [-0.05, 0) is 19.4 Å². The highest BCUT2D eigenvalue weighted by molar-refractivity contribution is 7.82. The summed E-state index contributed by atoms with van der Waals surface area (Å²) in [5.74, 6) is 0. The van der Waals surface area contributed by atoms with Crippen LogP contribution in [-0.2, 0) is 30.7 Å². The van der Waals surface area contributed by atoms with Gasteiger partial charge in [-0.25, -0.2) is 0 Å². The molecule has 0 saturated heterocycles. The topological polar surface area (TPSA) is 27.7 Å². The zero-order valence-corrected chi connectivity index (χ0v) is 10.7. The average Bonchev–Trinajstić information content (AvgIpc) is 2.31. The van der Waals surface area contributed by atoms with Crippen molar-refractivity contribution in [3.8, 4) is 0 Å². The summed E-state index contributed by atoms with van der Waals surface area (Å²) in [6.45, 7) is 5.69. The van der Waals surface area contributed by atoms with Gasteiger partial charge >= 0.3 is 11.7 Å². The Balaban J connectivity index is 2.22. The van der Waals surface area contributed by atoms with Gasteiger partial charge in [-0.3, -0.25) is 0 Å². The molecule has 0 unspecified atom stereocenters. The Labute approximate surface area is 101 Å². The first-order valence-corrected chi connectivity index (χ1v) is 6.54. The zero-order chi connectivity index (χ0) is 11.6. The van der Waals surface area contributed by atoms with E-state index in [4.69, 9.17) is 12.5 Å². The Morgan fingerprint density at radius 1 is 0.938 bits per heavy atom. The lowest BCUT2D eigenvalue weighted by atomic mass is 10.2. The molecule has 0 aromatic heterocycles. The predicted octanol–water partition coefficient (Wildman–Crippen LogP) is 2.68. The van der Waals surface area contributed by atoms with Crippen LogP contribution in [0.5, 0.6) is 0 Å². The molecular weight excluding hydrogens is 224 g/mol. The van der Waals surface area contributed by atoms with Crippen molar-refractivity contribution in [2.45, 2.75) is 20.3 Å². The summed E-state index contributed by atoms with van der Waals surface area (Å²) in [4.78, 5) is 0. The van der Waals surface area contributed by atoms with Crippen LogP contribution in [0.15, 0.2) is 30.3 Å². The Bertz CT molecular complexity index is 260. The SMILES string of the molecule is CCO[S+](OCC)OCCc1ccccc1. The Morgan fingerprint density at radius 3 is 2.12 bits per heavy atom. The lowest BCUT2D eigenvalue weighted by Crippen LogP contribution is -2.16. The summed E-state index contributed by atoms with van der Waals surface area (Å²) in [6, 6.07) is 10.2. The molecule has 3 nitrogen and oxygen atoms in total. The number of rotatable bonds is 8. The van der Waals surface area contributed by atoms with E-state index < -0.39 is 11.7 Å². The molecule has 0 atom stereocenters. The molecule has 0 amide bonds. The van der Waals surface area contributed by atoms with Crippen LogP contribution in [0.4, 0.5) is 0 Å². The van der Waals surface area contributed by atoms with Crippen molar-refractivity contribution in [3.05, 3.63) is 35.9 Å². The van der Waals surface area contributed by atoms with Gasteiger partial charge in [0.05, 0.1) is 0 Å². The van der Waals surface area contributed by atoms with E-state index in [1.807, 2.05) is 32.0 Å². The van der Waals surface area contributed by atoms with Crippen LogP contribution in [0.2, 0.25) is 0 Å². The fourth-order valence-electron chi connectivity index (χ4n) is 1.17. The molecule has 0 bridgehead atoms. The van der Waals surface area contributed by atoms with E-state index in [9.17, 15) is 0 Å². The molecular formula is C12H19O3S+. The van der Waals surface area contributed by atoms with Gasteiger partial charge in [0, 0.05) is 6.42 Å². The first-order valence-electron chi connectivity index (χ1n) is 5.54. The van der Waals surface area contributed by atoms with Crippen molar-refractivity contribution in [1.82, 2.24) is 0 Å². The molecule has 0 fully saturated rings. The summed E-state index contributed by atoms with van der Waals surface area (Å²) in [6.07, 6.45) is 0.879. The van der Waals surface area contributed by atoms with E-state index in [1.165, 1.54) is 5.56 Å². The Hall–Kier alpha value is -0.550. The fraction of sp³-hybridized carbons (Fsp3) is 0.500.